The van der Waals surface area contributed by atoms with Crippen LogP contribution in [0.1, 0.15) is 34.6 Å². The van der Waals surface area contributed by atoms with E-state index in [2.05, 4.69) is 96.1 Å². The first kappa shape index (κ1) is 29.2. The zero-order chi connectivity index (χ0) is 28.2. The molecule has 4 aromatic carbocycles. The van der Waals surface area contributed by atoms with Crippen LogP contribution in [0.25, 0.3) is 0 Å². The smallest absolute Gasteiger partial charge is 0.221 e. The number of primary amides is 1. The molecule has 0 aliphatic heterocycles. The van der Waals surface area contributed by atoms with Crippen LogP contribution in [-0.4, -0.2) is 43.9 Å². The van der Waals surface area contributed by atoms with E-state index in [4.69, 9.17) is 15.2 Å². The highest BCUT2D eigenvalue weighted by Gasteiger charge is 2.19. The fourth-order valence-corrected chi connectivity index (χ4v) is 5.28. The average Bonchev–Trinajstić information content (AvgIpc) is 2.99. The molecule has 0 radical (unpaired) electrons. The highest BCUT2D eigenvalue weighted by molar-refractivity contribution is 7.98. The van der Waals surface area contributed by atoms with E-state index in [1.54, 1.807) is 18.9 Å². The molecule has 0 atom stereocenters. The minimum atomic E-state index is -0.372. The SMILES string of the molecule is COc1cc(CC(N)=O)ccc1OCCCN(Cc1ccc(SC)cc1)CC(c1ccccc1)c1ccccc1. The molecule has 0 heterocycles. The number of carbonyl (C=O) groups excluding carboxylic acids is 1. The van der Waals surface area contributed by atoms with Crippen molar-refractivity contribution < 1.29 is 14.3 Å². The Hall–Kier alpha value is -3.74. The molecule has 4 aromatic rings. The number of amides is 1. The number of rotatable bonds is 15. The lowest BCUT2D eigenvalue weighted by Gasteiger charge is -2.28. The van der Waals surface area contributed by atoms with Crippen molar-refractivity contribution in [1.29, 1.82) is 0 Å². The van der Waals surface area contributed by atoms with E-state index in [1.807, 2.05) is 18.2 Å². The zero-order valence-electron chi connectivity index (χ0n) is 23.3. The molecule has 0 aromatic heterocycles. The lowest BCUT2D eigenvalue weighted by Crippen LogP contribution is -2.30. The first-order valence-corrected chi connectivity index (χ1v) is 14.8. The molecule has 4 rings (SSSR count). The number of hydrogen-bond donors (Lipinski definition) is 1. The Morgan fingerprint density at radius 3 is 2.05 bits per heavy atom. The number of nitrogens with zero attached hydrogens (tertiary/aromatic N) is 1. The van der Waals surface area contributed by atoms with Crippen molar-refractivity contribution in [3.8, 4) is 11.5 Å². The van der Waals surface area contributed by atoms with Crippen LogP contribution in [0.5, 0.6) is 11.5 Å². The molecule has 0 saturated heterocycles. The Kier molecular flexibility index (Phi) is 11.1. The fraction of sp³-hybridized carbons (Fsp3) is 0.265. The summed E-state index contributed by atoms with van der Waals surface area (Å²) in [5.74, 6) is 1.16. The van der Waals surface area contributed by atoms with Gasteiger partial charge in [-0.05, 0) is 59.2 Å². The summed E-state index contributed by atoms with van der Waals surface area (Å²) in [6.07, 6.45) is 3.13. The lowest BCUT2D eigenvalue weighted by molar-refractivity contribution is -0.117. The summed E-state index contributed by atoms with van der Waals surface area (Å²) < 4.78 is 11.6. The second-order valence-corrected chi connectivity index (χ2v) is 10.7. The van der Waals surface area contributed by atoms with Gasteiger partial charge >= 0.3 is 0 Å². The van der Waals surface area contributed by atoms with Crippen LogP contribution >= 0.6 is 11.8 Å². The van der Waals surface area contributed by atoms with E-state index >= 15 is 0 Å². The summed E-state index contributed by atoms with van der Waals surface area (Å²) in [4.78, 5) is 15.1. The van der Waals surface area contributed by atoms with Gasteiger partial charge in [0, 0.05) is 30.4 Å². The Morgan fingerprint density at radius 1 is 0.850 bits per heavy atom. The Bertz CT molecular complexity index is 1290. The summed E-state index contributed by atoms with van der Waals surface area (Å²) >= 11 is 1.76. The van der Waals surface area contributed by atoms with Crippen LogP contribution in [0.15, 0.2) is 108 Å². The van der Waals surface area contributed by atoms with E-state index in [9.17, 15) is 4.79 Å². The molecule has 0 saturated carbocycles. The van der Waals surface area contributed by atoms with Crippen molar-refractivity contribution in [3.05, 3.63) is 125 Å². The monoisotopic (exact) mass is 554 g/mol. The summed E-state index contributed by atoms with van der Waals surface area (Å²) in [7, 11) is 1.60. The second kappa shape index (κ2) is 15.2. The van der Waals surface area contributed by atoms with E-state index < -0.39 is 0 Å². The minimum Gasteiger partial charge on any atom is -0.493 e. The topological polar surface area (TPSA) is 64.8 Å². The van der Waals surface area contributed by atoms with Gasteiger partial charge in [0.2, 0.25) is 5.91 Å². The summed E-state index contributed by atoms with van der Waals surface area (Å²) in [5, 5.41) is 0. The average molecular weight is 555 g/mol. The third-order valence-corrected chi connectivity index (χ3v) is 7.64. The third-order valence-electron chi connectivity index (χ3n) is 6.89. The van der Waals surface area contributed by atoms with Crippen LogP contribution < -0.4 is 15.2 Å². The first-order chi connectivity index (χ1) is 19.6. The lowest BCUT2D eigenvalue weighted by atomic mass is 9.90. The van der Waals surface area contributed by atoms with Crippen LogP contribution in [0.2, 0.25) is 0 Å². The van der Waals surface area contributed by atoms with Gasteiger partial charge in [0.25, 0.3) is 0 Å². The van der Waals surface area contributed by atoms with Gasteiger partial charge in [0.15, 0.2) is 11.5 Å². The fourth-order valence-electron chi connectivity index (χ4n) is 4.87. The van der Waals surface area contributed by atoms with Crippen LogP contribution in [0, 0.1) is 0 Å². The molecule has 1 amide bonds. The number of ether oxygens (including phenoxy) is 2. The van der Waals surface area contributed by atoms with Crippen LogP contribution in [0.3, 0.4) is 0 Å². The predicted octanol–water partition coefficient (Wildman–Crippen LogP) is 6.55. The molecular formula is C34H38N2O3S. The van der Waals surface area contributed by atoms with Gasteiger partial charge in [-0.2, -0.15) is 0 Å². The zero-order valence-corrected chi connectivity index (χ0v) is 24.1. The van der Waals surface area contributed by atoms with Gasteiger partial charge in [-0.3, -0.25) is 9.69 Å². The van der Waals surface area contributed by atoms with E-state index in [0.717, 1.165) is 31.6 Å². The normalized spacial score (nSPS) is 11.1. The molecule has 0 aliphatic rings. The van der Waals surface area contributed by atoms with Crippen molar-refractivity contribution in [2.45, 2.75) is 30.2 Å². The van der Waals surface area contributed by atoms with Gasteiger partial charge < -0.3 is 15.2 Å². The molecule has 0 unspecified atom stereocenters. The highest BCUT2D eigenvalue weighted by atomic mass is 32.2. The molecule has 40 heavy (non-hydrogen) atoms. The number of carbonyl (C=O) groups is 1. The van der Waals surface area contributed by atoms with E-state index in [0.29, 0.717) is 18.1 Å². The van der Waals surface area contributed by atoms with Crippen molar-refractivity contribution in [1.82, 2.24) is 4.90 Å². The molecular weight excluding hydrogens is 516 g/mol. The number of hydrogen-bond acceptors (Lipinski definition) is 5. The van der Waals surface area contributed by atoms with E-state index in [1.165, 1.54) is 21.6 Å². The second-order valence-electron chi connectivity index (χ2n) is 9.79. The maximum atomic E-state index is 11.3. The molecule has 208 valence electrons. The van der Waals surface area contributed by atoms with E-state index in [-0.39, 0.29) is 18.2 Å². The predicted molar refractivity (Wildman–Crippen MR) is 164 cm³/mol. The largest absolute Gasteiger partial charge is 0.493 e. The van der Waals surface area contributed by atoms with Crippen LogP contribution in [-0.2, 0) is 17.8 Å². The molecule has 5 nitrogen and oxygen atoms in total. The highest BCUT2D eigenvalue weighted by Crippen LogP contribution is 2.29. The van der Waals surface area contributed by atoms with Gasteiger partial charge in [0.1, 0.15) is 0 Å². The summed E-state index contributed by atoms with van der Waals surface area (Å²) in [5.41, 5.74) is 10.1. The number of benzene rings is 4. The minimum absolute atomic E-state index is 0.174. The van der Waals surface area contributed by atoms with Crippen molar-refractivity contribution in [2.24, 2.45) is 5.73 Å². The molecule has 2 N–H and O–H groups in total. The third kappa shape index (κ3) is 8.63. The molecule has 0 spiro atoms. The Labute approximate surface area is 242 Å². The van der Waals surface area contributed by atoms with Gasteiger partial charge in [-0.1, -0.05) is 78.9 Å². The maximum absolute atomic E-state index is 11.3. The Morgan fingerprint density at radius 2 is 1.48 bits per heavy atom. The maximum Gasteiger partial charge on any atom is 0.221 e. The quantitative estimate of drug-likeness (QED) is 0.133. The van der Waals surface area contributed by atoms with Crippen molar-refractivity contribution in [3.63, 3.8) is 0 Å². The standard InChI is InChI=1S/C34H38N2O3S/c1-38-33-22-27(23-34(35)37)16-19-32(33)39-21-9-20-36(24-26-14-17-30(40-2)18-15-26)25-31(28-10-5-3-6-11-28)29-12-7-4-8-13-29/h3-8,10-19,22,31H,9,20-21,23-25H2,1-2H3,(H2,35,37). The Balaban J connectivity index is 1.48. The van der Waals surface area contributed by atoms with Gasteiger partial charge in [-0.25, -0.2) is 0 Å². The summed E-state index contributed by atoms with van der Waals surface area (Å²) in [6, 6.07) is 35.9. The van der Waals surface area contributed by atoms with Gasteiger partial charge in [0.05, 0.1) is 20.1 Å². The molecule has 0 fully saturated rings. The molecule has 6 heteroatoms. The van der Waals surface area contributed by atoms with Crippen molar-refractivity contribution in [2.75, 3.05) is 33.1 Å². The number of nitrogens with two attached hydrogens (primary N) is 1. The first-order valence-electron chi connectivity index (χ1n) is 13.6. The number of methoxy groups -OCH3 is 1. The summed E-state index contributed by atoms with van der Waals surface area (Å²) in [6.45, 7) is 3.18. The van der Waals surface area contributed by atoms with Gasteiger partial charge in [-0.15, -0.1) is 11.8 Å². The number of thioether (sulfide) groups is 1. The molecule has 0 bridgehead atoms. The van der Waals surface area contributed by atoms with Crippen molar-refractivity contribution >= 4 is 17.7 Å². The van der Waals surface area contributed by atoms with Crippen LogP contribution in [0.4, 0.5) is 0 Å². The molecule has 0 aliphatic carbocycles.